The second kappa shape index (κ2) is 7.83. The van der Waals surface area contributed by atoms with Gasteiger partial charge < -0.3 is 10.1 Å². The summed E-state index contributed by atoms with van der Waals surface area (Å²) in [6, 6.07) is 3.23. The van der Waals surface area contributed by atoms with E-state index in [9.17, 15) is 8.42 Å². The molecule has 0 aromatic heterocycles. The third-order valence-electron chi connectivity index (χ3n) is 4.20. The molecule has 0 unspecified atom stereocenters. The van der Waals surface area contributed by atoms with Crippen molar-refractivity contribution in [2.45, 2.75) is 44.0 Å². The van der Waals surface area contributed by atoms with E-state index in [1.807, 2.05) is 6.92 Å². The number of sulfonamides is 1. The molecule has 1 aromatic rings. The van der Waals surface area contributed by atoms with Gasteiger partial charge in [-0.1, -0.05) is 18.5 Å². The number of piperidine rings is 1. The van der Waals surface area contributed by atoms with Gasteiger partial charge in [0, 0.05) is 12.6 Å². The van der Waals surface area contributed by atoms with Crippen LogP contribution in [0.25, 0.3) is 0 Å². The third-order valence-corrected chi connectivity index (χ3v) is 6.59. The van der Waals surface area contributed by atoms with Gasteiger partial charge in [-0.2, -0.15) is 4.31 Å². The first kappa shape index (κ1) is 18.5. The summed E-state index contributed by atoms with van der Waals surface area (Å²) in [5.74, 6) is 0.493. The number of halogens is 1. The number of hydrogen-bond acceptors (Lipinski definition) is 4. The Hall–Kier alpha value is -0.820. The fraction of sp³-hybridized carbons (Fsp3) is 0.625. The highest BCUT2D eigenvalue weighted by Gasteiger charge is 2.33. The van der Waals surface area contributed by atoms with Crippen LogP contribution in [0.2, 0.25) is 5.02 Å². The van der Waals surface area contributed by atoms with Crippen LogP contribution in [0.1, 0.15) is 31.7 Å². The van der Waals surface area contributed by atoms with Gasteiger partial charge in [-0.25, -0.2) is 8.42 Å². The number of nitrogens with zero attached hydrogens (tertiary/aromatic N) is 1. The Morgan fingerprint density at radius 1 is 1.35 bits per heavy atom. The zero-order chi connectivity index (χ0) is 17.0. The molecule has 1 heterocycles. The van der Waals surface area contributed by atoms with Crippen molar-refractivity contribution < 1.29 is 13.2 Å². The maximum absolute atomic E-state index is 13.2. The molecule has 2 rings (SSSR count). The van der Waals surface area contributed by atoms with Gasteiger partial charge in [-0.15, -0.1) is 0 Å². The maximum Gasteiger partial charge on any atom is 0.243 e. The van der Waals surface area contributed by atoms with Gasteiger partial charge in [0.15, 0.2) is 0 Å². The van der Waals surface area contributed by atoms with E-state index in [0.717, 1.165) is 32.4 Å². The topological polar surface area (TPSA) is 58.6 Å². The van der Waals surface area contributed by atoms with Crippen molar-refractivity contribution in [1.29, 1.82) is 0 Å². The molecule has 0 bridgehead atoms. The van der Waals surface area contributed by atoms with Gasteiger partial charge in [-0.3, -0.25) is 0 Å². The number of hydrogen-bond donors (Lipinski definition) is 1. The molecule has 7 heteroatoms. The van der Waals surface area contributed by atoms with Crippen molar-refractivity contribution >= 4 is 21.6 Å². The number of nitrogens with one attached hydrogen (secondary N) is 1. The van der Waals surface area contributed by atoms with E-state index in [0.29, 0.717) is 22.9 Å². The summed E-state index contributed by atoms with van der Waals surface area (Å²) in [5, 5.41) is 3.60. The summed E-state index contributed by atoms with van der Waals surface area (Å²) in [6.07, 6.45) is 2.45. The molecule has 130 valence electrons. The fourth-order valence-electron chi connectivity index (χ4n) is 3.01. The first-order valence-electron chi connectivity index (χ1n) is 7.98. The highest BCUT2D eigenvalue weighted by molar-refractivity contribution is 7.89. The van der Waals surface area contributed by atoms with Gasteiger partial charge in [-0.05, 0) is 57.0 Å². The molecule has 0 amide bonds. The largest absolute Gasteiger partial charge is 0.495 e. The molecule has 1 fully saturated rings. The lowest BCUT2D eigenvalue weighted by molar-refractivity contribution is 0.262. The molecule has 0 aliphatic carbocycles. The van der Waals surface area contributed by atoms with Crippen LogP contribution in [0, 0.1) is 6.92 Å². The van der Waals surface area contributed by atoms with Crippen LogP contribution >= 0.6 is 11.6 Å². The normalized spacial score (nSPS) is 16.7. The predicted molar refractivity (Wildman–Crippen MR) is 92.8 cm³/mol. The zero-order valence-electron chi connectivity index (χ0n) is 13.9. The first-order valence-corrected chi connectivity index (χ1v) is 9.80. The minimum atomic E-state index is -3.58. The number of benzene rings is 1. The predicted octanol–water partition coefficient (Wildman–Crippen LogP) is 2.81. The molecule has 0 saturated carbocycles. The van der Waals surface area contributed by atoms with Crippen LogP contribution in [-0.2, 0) is 10.0 Å². The molecule has 5 nitrogen and oxygen atoms in total. The molecular formula is C16H25ClN2O3S. The van der Waals surface area contributed by atoms with Crippen molar-refractivity contribution in [3.8, 4) is 5.75 Å². The smallest absolute Gasteiger partial charge is 0.243 e. The lowest BCUT2D eigenvalue weighted by Gasteiger charge is -2.34. The van der Waals surface area contributed by atoms with Gasteiger partial charge >= 0.3 is 0 Å². The van der Waals surface area contributed by atoms with Crippen molar-refractivity contribution in [3.05, 3.63) is 22.7 Å². The van der Waals surface area contributed by atoms with E-state index in [4.69, 9.17) is 16.3 Å². The van der Waals surface area contributed by atoms with Gasteiger partial charge in [0.1, 0.15) is 5.75 Å². The molecular weight excluding hydrogens is 336 g/mol. The average molecular weight is 361 g/mol. The average Bonchev–Trinajstić information content (AvgIpc) is 2.54. The standard InChI is InChI=1S/C16H25ClN2O3S/c1-4-9-19(13-5-7-18-8-6-13)23(20,21)16-11-14(17)15(22-3)10-12(16)2/h10-11,13,18H,4-9H2,1-3H3. The highest BCUT2D eigenvalue weighted by Crippen LogP contribution is 2.33. The molecule has 23 heavy (non-hydrogen) atoms. The quantitative estimate of drug-likeness (QED) is 0.847. The molecule has 1 aliphatic rings. The summed E-state index contributed by atoms with van der Waals surface area (Å²) in [7, 11) is -2.05. The number of aryl methyl sites for hydroxylation is 1. The monoisotopic (exact) mass is 360 g/mol. The third kappa shape index (κ3) is 3.99. The summed E-state index contributed by atoms with van der Waals surface area (Å²) in [6.45, 7) is 6.00. The number of ether oxygens (including phenoxy) is 1. The number of rotatable bonds is 6. The Bertz CT molecular complexity index is 643. The van der Waals surface area contributed by atoms with E-state index in [-0.39, 0.29) is 10.9 Å². The molecule has 1 saturated heterocycles. The zero-order valence-corrected chi connectivity index (χ0v) is 15.5. The van der Waals surface area contributed by atoms with Crippen LogP contribution < -0.4 is 10.1 Å². The Labute approximate surface area is 144 Å². The molecule has 0 radical (unpaired) electrons. The lowest BCUT2D eigenvalue weighted by atomic mass is 10.1. The summed E-state index contributed by atoms with van der Waals surface area (Å²) >= 11 is 6.16. The Kier molecular flexibility index (Phi) is 6.31. The Morgan fingerprint density at radius 2 is 2.00 bits per heavy atom. The van der Waals surface area contributed by atoms with E-state index in [2.05, 4.69) is 5.32 Å². The van der Waals surface area contributed by atoms with Crippen molar-refractivity contribution in [1.82, 2.24) is 9.62 Å². The summed E-state index contributed by atoms with van der Waals surface area (Å²) in [4.78, 5) is 0.273. The van der Waals surface area contributed by atoms with E-state index in [1.54, 1.807) is 17.3 Å². The minimum absolute atomic E-state index is 0.0430. The van der Waals surface area contributed by atoms with E-state index in [1.165, 1.54) is 13.2 Å². The second-order valence-electron chi connectivity index (χ2n) is 5.85. The van der Waals surface area contributed by atoms with Crippen LogP contribution in [-0.4, -0.2) is 45.5 Å². The fourth-order valence-corrected chi connectivity index (χ4v) is 5.33. The molecule has 1 N–H and O–H groups in total. The maximum atomic E-state index is 13.2. The number of methoxy groups -OCH3 is 1. The van der Waals surface area contributed by atoms with Crippen LogP contribution in [0.3, 0.4) is 0 Å². The summed E-state index contributed by atoms with van der Waals surface area (Å²) < 4.78 is 33.2. The van der Waals surface area contributed by atoms with Crippen molar-refractivity contribution in [2.75, 3.05) is 26.7 Å². The summed E-state index contributed by atoms with van der Waals surface area (Å²) in [5.41, 5.74) is 0.654. The van der Waals surface area contributed by atoms with Crippen LogP contribution in [0.4, 0.5) is 0 Å². The Balaban J connectivity index is 2.43. The highest BCUT2D eigenvalue weighted by atomic mass is 35.5. The van der Waals surface area contributed by atoms with Crippen LogP contribution in [0.5, 0.6) is 5.75 Å². The van der Waals surface area contributed by atoms with Crippen molar-refractivity contribution in [2.24, 2.45) is 0 Å². The minimum Gasteiger partial charge on any atom is -0.495 e. The van der Waals surface area contributed by atoms with Crippen molar-refractivity contribution in [3.63, 3.8) is 0 Å². The van der Waals surface area contributed by atoms with E-state index < -0.39 is 10.0 Å². The Morgan fingerprint density at radius 3 is 2.57 bits per heavy atom. The molecule has 1 aliphatic heterocycles. The lowest BCUT2D eigenvalue weighted by Crippen LogP contribution is -2.46. The van der Waals surface area contributed by atoms with Gasteiger partial charge in [0.25, 0.3) is 0 Å². The SMILES string of the molecule is CCCN(C1CCNCC1)S(=O)(=O)c1cc(Cl)c(OC)cc1C. The van der Waals surface area contributed by atoms with E-state index >= 15 is 0 Å². The molecule has 0 atom stereocenters. The molecule has 1 aromatic carbocycles. The molecule has 0 spiro atoms. The second-order valence-corrected chi connectivity index (χ2v) is 8.12. The van der Waals surface area contributed by atoms with Gasteiger partial charge in [0.2, 0.25) is 10.0 Å². The van der Waals surface area contributed by atoms with Crippen LogP contribution in [0.15, 0.2) is 17.0 Å². The first-order chi connectivity index (χ1) is 10.9. The van der Waals surface area contributed by atoms with Gasteiger partial charge in [0.05, 0.1) is 17.0 Å².